The number of aliphatic imine (C=N–C) groups is 1. The molecule has 0 amide bonds. The fraction of sp³-hybridized carbons (Fsp3) is 0.800. The average molecular weight is 197 g/mol. The Hall–Kier alpha value is -1.06. The van der Waals surface area contributed by atoms with Crippen LogP contribution >= 0.6 is 0 Å². The van der Waals surface area contributed by atoms with E-state index in [1.807, 2.05) is 20.8 Å². The smallest absolute Gasteiger partial charge is 0.308 e. The van der Waals surface area contributed by atoms with Gasteiger partial charge in [-0.3, -0.25) is 4.79 Å². The van der Waals surface area contributed by atoms with Gasteiger partial charge < -0.3 is 9.47 Å². The lowest BCUT2D eigenvalue weighted by Gasteiger charge is -2.27. The van der Waals surface area contributed by atoms with Crippen LogP contribution in [0.25, 0.3) is 0 Å². The molecule has 2 aliphatic heterocycles. The van der Waals surface area contributed by atoms with Crippen LogP contribution in [0.1, 0.15) is 33.6 Å². The molecule has 2 unspecified atom stereocenters. The van der Waals surface area contributed by atoms with Crippen LogP contribution in [-0.2, 0) is 14.3 Å². The summed E-state index contributed by atoms with van der Waals surface area (Å²) in [5.74, 6) is 0.555. The largest absolute Gasteiger partial charge is 0.481 e. The topological polar surface area (TPSA) is 47.9 Å². The molecule has 4 nitrogen and oxygen atoms in total. The van der Waals surface area contributed by atoms with Crippen molar-refractivity contribution in [3.63, 3.8) is 0 Å². The molecule has 0 aliphatic carbocycles. The van der Waals surface area contributed by atoms with E-state index < -0.39 is 5.72 Å². The molecule has 0 N–H and O–H groups in total. The third kappa shape index (κ3) is 1.13. The van der Waals surface area contributed by atoms with Gasteiger partial charge in [0.05, 0.1) is 13.0 Å². The highest BCUT2D eigenvalue weighted by Crippen LogP contribution is 2.51. The van der Waals surface area contributed by atoms with E-state index in [2.05, 4.69) is 4.99 Å². The Kier molecular flexibility index (Phi) is 1.84. The molecule has 2 aliphatic rings. The van der Waals surface area contributed by atoms with Gasteiger partial charge in [-0.25, -0.2) is 4.99 Å². The minimum atomic E-state index is -0.700. The summed E-state index contributed by atoms with van der Waals surface area (Å²) < 4.78 is 10.6. The number of hydrogen-bond donors (Lipinski definition) is 0. The van der Waals surface area contributed by atoms with Crippen molar-refractivity contribution < 1.29 is 14.3 Å². The van der Waals surface area contributed by atoms with Crippen molar-refractivity contribution >= 4 is 11.9 Å². The van der Waals surface area contributed by atoms with Crippen LogP contribution in [0.3, 0.4) is 0 Å². The van der Waals surface area contributed by atoms with E-state index in [4.69, 9.17) is 9.47 Å². The average Bonchev–Trinajstić information content (AvgIpc) is 2.33. The Morgan fingerprint density at radius 1 is 1.50 bits per heavy atom. The molecule has 0 aromatic rings. The van der Waals surface area contributed by atoms with Crippen LogP contribution in [0.4, 0.5) is 0 Å². The first kappa shape index (κ1) is 9.49. The highest BCUT2D eigenvalue weighted by Gasteiger charge is 2.59. The first-order valence-electron chi connectivity index (χ1n) is 4.92. The predicted molar refractivity (Wildman–Crippen MR) is 50.9 cm³/mol. The van der Waals surface area contributed by atoms with Crippen LogP contribution in [0.15, 0.2) is 4.99 Å². The molecule has 0 aromatic carbocycles. The number of nitrogens with zero attached hydrogens (tertiary/aromatic N) is 1. The molecule has 4 heteroatoms. The van der Waals surface area contributed by atoms with Crippen LogP contribution in [0.5, 0.6) is 0 Å². The minimum absolute atomic E-state index is 0.158. The first-order chi connectivity index (χ1) is 6.49. The van der Waals surface area contributed by atoms with Gasteiger partial charge in [-0.05, 0) is 13.8 Å². The highest BCUT2D eigenvalue weighted by molar-refractivity contribution is 5.84. The summed E-state index contributed by atoms with van der Waals surface area (Å²) >= 11 is 0. The summed E-state index contributed by atoms with van der Waals surface area (Å²) in [6, 6.07) is 0. The van der Waals surface area contributed by atoms with E-state index in [0.29, 0.717) is 25.3 Å². The predicted octanol–water partition coefficient (Wildman–Crippen LogP) is 1.49. The fourth-order valence-corrected chi connectivity index (χ4v) is 2.11. The van der Waals surface area contributed by atoms with Crippen LogP contribution in [0, 0.1) is 5.41 Å². The summed E-state index contributed by atoms with van der Waals surface area (Å²) in [4.78, 5) is 15.5. The molecular formula is C10H15NO3. The van der Waals surface area contributed by atoms with E-state index in [1.54, 1.807) is 0 Å². The number of hydrogen-bond acceptors (Lipinski definition) is 4. The SMILES string of the molecule is CCOC1=NC2(C)OC(=O)CC2(C)C1. The maximum atomic E-state index is 11.2. The lowest BCUT2D eigenvalue weighted by molar-refractivity contribution is -0.148. The maximum absolute atomic E-state index is 11.2. The van der Waals surface area contributed by atoms with Gasteiger partial charge in [0.25, 0.3) is 0 Å². The number of rotatable bonds is 1. The van der Waals surface area contributed by atoms with E-state index >= 15 is 0 Å². The molecule has 0 radical (unpaired) electrons. The summed E-state index contributed by atoms with van der Waals surface area (Å²) in [5, 5.41) is 0. The third-order valence-electron chi connectivity index (χ3n) is 3.16. The summed E-state index contributed by atoms with van der Waals surface area (Å²) in [6.45, 7) is 6.41. The molecule has 2 heterocycles. The third-order valence-corrected chi connectivity index (χ3v) is 3.16. The lowest BCUT2D eigenvalue weighted by atomic mass is 9.79. The van der Waals surface area contributed by atoms with Crippen LogP contribution in [-0.4, -0.2) is 24.2 Å². The van der Waals surface area contributed by atoms with Gasteiger partial charge in [-0.2, -0.15) is 0 Å². The molecule has 2 atom stereocenters. The summed E-state index contributed by atoms with van der Waals surface area (Å²) in [7, 11) is 0. The Balaban J connectivity index is 2.25. The molecule has 0 saturated carbocycles. The second-order valence-corrected chi connectivity index (χ2v) is 4.31. The van der Waals surface area contributed by atoms with Crippen molar-refractivity contribution in [2.45, 2.75) is 39.3 Å². The van der Waals surface area contributed by atoms with Crippen LogP contribution < -0.4 is 0 Å². The van der Waals surface area contributed by atoms with Gasteiger partial charge >= 0.3 is 5.97 Å². The standard InChI is InChI=1S/C10H15NO3/c1-4-13-7-5-9(2)6-8(12)14-10(9,3)11-7/h4-6H2,1-3H3. The highest BCUT2D eigenvalue weighted by atomic mass is 16.6. The Bertz CT molecular complexity index is 312. The van der Waals surface area contributed by atoms with Gasteiger partial charge in [0.2, 0.25) is 5.72 Å². The molecule has 0 spiro atoms. The molecule has 2 rings (SSSR count). The molecule has 14 heavy (non-hydrogen) atoms. The van der Waals surface area contributed by atoms with Crippen molar-refractivity contribution in [1.29, 1.82) is 0 Å². The van der Waals surface area contributed by atoms with Crippen molar-refractivity contribution in [3.05, 3.63) is 0 Å². The van der Waals surface area contributed by atoms with Crippen molar-refractivity contribution in [1.82, 2.24) is 0 Å². The van der Waals surface area contributed by atoms with Crippen molar-refractivity contribution in [3.8, 4) is 0 Å². The van der Waals surface area contributed by atoms with Gasteiger partial charge in [0.1, 0.15) is 0 Å². The molecule has 0 aromatic heterocycles. The second-order valence-electron chi connectivity index (χ2n) is 4.31. The van der Waals surface area contributed by atoms with Gasteiger partial charge in [-0.1, -0.05) is 6.92 Å². The van der Waals surface area contributed by atoms with Crippen molar-refractivity contribution in [2.24, 2.45) is 10.4 Å². The van der Waals surface area contributed by atoms with Gasteiger partial charge in [0, 0.05) is 11.8 Å². The monoisotopic (exact) mass is 197 g/mol. The van der Waals surface area contributed by atoms with Gasteiger partial charge in [-0.15, -0.1) is 0 Å². The normalized spacial score (nSPS) is 40.5. The molecule has 1 fully saturated rings. The van der Waals surface area contributed by atoms with E-state index in [-0.39, 0.29) is 11.4 Å². The number of esters is 1. The Morgan fingerprint density at radius 2 is 2.21 bits per heavy atom. The fourth-order valence-electron chi connectivity index (χ4n) is 2.11. The summed E-state index contributed by atoms with van der Waals surface area (Å²) in [5.41, 5.74) is -0.914. The van der Waals surface area contributed by atoms with E-state index in [9.17, 15) is 4.79 Å². The summed E-state index contributed by atoms with van der Waals surface area (Å²) in [6.07, 6.45) is 1.13. The number of carbonyl (C=O) groups excluding carboxylic acids is 1. The molecule has 1 saturated heterocycles. The van der Waals surface area contributed by atoms with E-state index in [1.165, 1.54) is 0 Å². The molecule has 0 bridgehead atoms. The van der Waals surface area contributed by atoms with Crippen molar-refractivity contribution in [2.75, 3.05) is 6.61 Å². The number of fused-ring (bicyclic) bond motifs is 1. The number of carbonyl (C=O) groups is 1. The number of ether oxygens (including phenoxy) is 2. The molecule has 78 valence electrons. The van der Waals surface area contributed by atoms with Crippen LogP contribution in [0.2, 0.25) is 0 Å². The van der Waals surface area contributed by atoms with E-state index in [0.717, 1.165) is 0 Å². The lowest BCUT2D eigenvalue weighted by Crippen LogP contribution is -2.34. The van der Waals surface area contributed by atoms with Gasteiger partial charge in [0.15, 0.2) is 5.90 Å². The Labute approximate surface area is 83.3 Å². The zero-order valence-corrected chi connectivity index (χ0v) is 8.79. The molecular weight excluding hydrogens is 182 g/mol. The first-order valence-corrected chi connectivity index (χ1v) is 4.92. The second kappa shape index (κ2) is 2.72. The zero-order chi connectivity index (χ0) is 10.4. The quantitative estimate of drug-likeness (QED) is 0.598. The Morgan fingerprint density at radius 3 is 2.79 bits per heavy atom. The zero-order valence-electron chi connectivity index (χ0n) is 8.79. The minimum Gasteiger partial charge on any atom is -0.481 e. The maximum Gasteiger partial charge on any atom is 0.308 e.